The van der Waals surface area contributed by atoms with Gasteiger partial charge in [0.05, 0.1) is 6.61 Å². The van der Waals surface area contributed by atoms with E-state index in [1.165, 1.54) is 22.3 Å². The summed E-state index contributed by atoms with van der Waals surface area (Å²) in [4.78, 5) is 11.0. The van der Waals surface area contributed by atoms with Crippen LogP contribution in [0.15, 0.2) is 66.7 Å². The highest BCUT2D eigenvalue weighted by atomic mass is 16.4. The largest absolute Gasteiger partial charge is 0.480 e. The quantitative estimate of drug-likeness (QED) is 0.480. The van der Waals surface area contributed by atoms with Gasteiger partial charge in [0, 0.05) is 6.54 Å². The fourth-order valence-electron chi connectivity index (χ4n) is 3.45. The average molecular weight is 402 g/mol. The molecule has 4 nitrogen and oxygen atoms in total. The average Bonchev–Trinajstić information content (AvgIpc) is 2.75. The Morgan fingerprint density at radius 3 is 2.37 bits per heavy atom. The normalized spacial score (nSPS) is 12.2. The second-order valence-electron chi connectivity index (χ2n) is 7.36. The van der Waals surface area contributed by atoms with Gasteiger partial charge in [-0.25, -0.2) is 0 Å². The van der Waals surface area contributed by atoms with Crippen LogP contribution in [0.4, 0.5) is 0 Å². The van der Waals surface area contributed by atoms with Gasteiger partial charge in [0.1, 0.15) is 6.04 Å². The molecule has 0 amide bonds. The van der Waals surface area contributed by atoms with Crippen LogP contribution in [-0.2, 0) is 11.3 Å². The lowest BCUT2D eigenvalue weighted by atomic mass is 9.95. The van der Waals surface area contributed by atoms with E-state index in [0.717, 1.165) is 16.7 Å². The number of rotatable bonds is 8. The fraction of sp³-hybridized carbons (Fsp3) is 0.192. The second kappa shape index (κ2) is 10.0. The molecule has 0 saturated heterocycles. The highest BCUT2D eigenvalue weighted by Gasteiger charge is 2.14. The van der Waals surface area contributed by atoms with Crippen LogP contribution in [-0.4, -0.2) is 28.8 Å². The zero-order chi connectivity index (χ0) is 21.5. The molecular weight excluding hydrogens is 374 g/mol. The zero-order valence-electron chi connectivity index (χ0n) is 17.3. The molecule has 3 aromatic rings. The zero-order valence-corrected chi connectivity index (χ0v) is 17.3. The molecule has 0 bridgehead atoms. The van der Waals surface area contributed by atoms with E-state index >= 15 is 0 Å². The van der Waals surface area contributed by atoms with Crippen LogP contribution >= 0.6 is 0 Å². The summed E-state index contributed by atoms with van der Waals surface area (Å²) in [7, 11) is 0. The van der Waals surface area contributed by atoms with Gasteiger partial charge < -0.3 is 10.2 Å². The molecule has 3 aromatic carbocycles. The third kappa shape index (κ3) is 5.23. The molecule has 0 aliphatic carbocycles. The molecule has 154 valence electrons. The number of hydrogen-bond donors (Lipinski definition) is 3. The molecule has 0 aromatic heterocycles. The first-order chi connectivity index (χ1) is 14.5. The van der Waals surface area contributed by atoms with Crippen molar-refractivity contribution in [2.24, 2.45) is 0 Å². The van der Waals surface area contributed by atoms with Crippen LogP contribution in [0.5, 0.6) is 0 Å². The third-order valence-electron chi connectivity index (χ3n) is 5.27. The first-order valence-electron chi connectivity index (χ1n) is 9.99. The van der Waals surface area contributed by atoms with Crippen molar-refractivity contribution in [1.82, 2.24) is 5.32 Å². The molecule has 1 atom stereocenters. The highest BCUT2D eigenvalue weighted by molar-refractivity contribution is 5.78. The number of hydrogen-bond acceptors (Lipinski definition) is 3. The lowest BCUT2D eigenvalue weighted by Gasteiger charge is -2.12. The van der Waals surface area contributed by atoms with Gasteiger partial charge in [0.2, 0.25) is 0 Å². The molecule has 0 aliphatic rings. The Morgan fingerprint density at radius 2 is 1.70 bits per heavy atom. The van der Waals surface area contributed by atoms with Crippen molar-refractivity contribution in [3.63, 3.8) is 0 Å². The molecular formula is C26H27NO3. The summed E-state index contributed by atoms with van der Waals surface area (Å²) in [5.41, 5.74) is 8.05. The molecule has 3 rings (SSSR count). The van der Waals surface area contributed by atoms with E-state index in [9.17, 15) is 4.79 Å². The Hall–Kier alpha value is -3.21. The van der Waals surface area contributed by atoms with Crippen molar-refractivity contribution in [3.8, 4) is 11.1 Å². The van der Waals surface area contributed by atoms with Crippen molar-refractivity contribution < 1.29 is 15.0 Å². The Balaban J connectivity index is 1.76. The van der Waals surface area contributed by atoms with E-state index in [0.29, 0.717) is 6.54 Å². The van der Waals surface area contributed by atoms with E-state index in [1.54, 1.807) is 0 Å². The second-order valence-corrected chi connectivity index (χ2v) is 7.36. The third-order valence-corrected chi connectivity index (χ3v) is 5.27. The van der Waals surface area contributed by atoms with Crippen molar-refractivity contribution >= 4 is 18.1 Å². The Bertz CT molecular complexity index is 1040. The SMILES string of the molecule is Cc1cc(CNC(CO)C(=O)O)ccc1C=Cc1cccc(-c2ccccc2)c1C. The van der Waals surface area contributed by atoms with Crippen molar-refractivity contribution in [1.29, 1.82) is 0 Å². The van der Waals surface area contributed by atoms with Gasteiger partial charge in [-0.2, -0.15) is 0 Å². The summed E-state index contributed by atoms with van der Waals surface area (Å²) in [6.07, 6.45) is 4.24. The van der Waals surface area contributed by atoms with Gasteiger partial charge in [0.15, 0.2) is 0 Å². The molecule has 4 heteroatoms. The van der Waals surface area contributed by atoms with Gasteiger partial charge in [0.25, 0.3) is 0 Å². The molecule has 0 aliphatic heterocycles. The minimum absolute atomic E-state index is 0.389. The number of carboxylic acid groups (broad SMARTS) is 1. The summed E-state index contributed by atoms with van der Waals surface area (Å²) < 4.78 is 0. The van der Waals surface area contributed by atoms with E-state index in [1.807, 2.05) is 31.2 Å². The van der Waals surface area contributed by atoms with Crippen LogP contribution in [0.3, 0.4) is 0 Å². The van der Waals surface area contributed by atoms with Gasteiger partial charge >= 0.3 is 5.97 Å². The highest BCUT2D eigenvalue weighted by Crippen LogP contribution is 2.27. The van der Waals surface area contributed by atoms with Crippen LogP contribution in [0.2, 0.25) is 0 Å². The van der Waals surface area contributed by atoms with E-state index in [4.69, 9.17) is 10.2 Å². The standard InChI is InChI=1S/C26H27NO3/c1-18-15-20(16-27-25(17-28)26(29)30)11-12-21(18)13-14-22-9-6-10-24(19(22)2)23-7-4-3-5-8-23/h3-15,25,27-28H,16-17H2,1-2H3,(H,29,30). The predicted octanol–water partition coefficient (Wildman–Crippen LogP) is 4.68. The van der Waals surface area contributed by atoms with Gasteiger partial charge in [-0.3, -0.25) is 10.1 Å². The van der Waals surface area contributed by atoms with Crippen molar-refractivity contribution in [2.45, 2.75) is 26.4 Å². The monoisotopic (exact) mass is 401 g/mol. The predicted molar refractivity (Wildman–Crippen MR) is 122 cm³/mol. The first kappa shape index (κ1) is 21.5. The van der Waals surface area contributed by atoms with Gasteiger partial charge in [-0.1, -0.05) is 78.9 Å². The molecule has 30 heavy (non-hydrogen) atoms. The van der Waals surface area contributed by atoms with Crippen molar-refractivity contribution in [3.05, 3.63) is 94.5 Å². The molecule has 1 unspecified atom stereocenters. The van der Waals surface area contributed by atoms with E-state index in [-0.39, 0.29) is 0 Å². The summed E-state index contributed by atoms with van der Waals surface area (Å²) in [6, 6.07) is 21.8. The summed E-state index contributed by atoms with van der Waals surface area (Å²) in [5, 5.41) is 21.0. The molecule has 0 fully saturated rings. The smallest absolute Gasteiger partial charge is 0.323 e. The number of carboxylic acids is 1. The number of benzene rings is 3. The van der Waals surface area contributed by atoms with E-state index < -0.39 is 18.6 Å². The number of aliphatic hydroxyl groups is 1. The van der Waals surface area contributed by atoms with Crippen molar-refractivity contribution in [2.75, 3.05) is 6.61 Å². The van der Waals surface area contributed by atoms with Gasteiger partial charge in [-0.15, -0.1) is 0 Å². The van der Waals surface area contributed by atoms with Crippen LogP contribution < -0.4 is 5.32 Å². The molecule has 0 radical (unpaired) electrons. The number of nitrogens with one attached hydrogen (secondary N) is 1. The molecule has 0 heterocycles. The van der Waals surface area contributed by atoms with E-state index in [2.05, 4.69) is 66.9 Å². The number of aliphatic hydroxyl groups excluding tert-OH is 1. The minimum Gasteiger partial charge on any atom is -0.480 e. The Kier molecular flexibility index (Phi) is 7.17. The fourth-order valence-corrected chi connectivity index (χ4v) is 3.45. The molecule has 0 spiro atoms. The maximum absolute atomic E-state index is 11.0. The van der Waals surface area contributed by atoms with Crippen LogP contribution in [0.1, 0.15) is 27.8 Å². The lowest BCUT2D eigenvalue weighted by molar-refractivity contribution is -0.140. The number of aryl methyl sites for hydroxylation is 1. The topological polar surface area (TPSA) is 69.6 Å². The number of aliphatic carboxylic acids is 1. The van der Waals surface area contributed by atoms with Gasteiger partial charge in [-0.05, 0) is 52.8 Å². The summed E-state index contributed by atoms with van der Waals surface area (Å²) >= 11 is 0. The maximum Gasteiger partial charge on any atom is 0.323 e. The summed E-state index contributed by atoms with van der Waals surface area (Å²) in [5.74, 6) is -1.05. The maximum atomic E-state index is 11.0. The Morgan fingerprint density at radius 1 is 0.967 bits per heavy atom. The van der Waals surface area contributed by atoms with Crippen LogP contribution in [0, 0.1) is 13.8 Å². The lowest BCUT2D eigenvalue weighted by Crippen LogP contribution is -2.39. The Labute approximate surface area is 177 Å². The molecule has 0 saturated carbocycles. The first-order valence-corrected chi connectivity index (χ1v) is 9.99. The van der Waals surface area contributed by atoms with Crippen LogP contribution in [0.25, 0.3) is 23.3 Å². The minimum atomic E-state index is -1.05. The summed E-state index contributed by atoms with van der Waals surface area (Å²) in [6.45, 7) is 4.14. The number of carbonyl (C=O) groups is 1. The molecule has 3 N–H and O–H groups in total.